The summed E-state index contributed by atoms with van der Waals surface area (Å²) in [6.07, 6.45) is 5.43. The third-order valence-corrected chi connectivity index (χ3v) is 5.50. The summed E-state index contributed by atoms with van der Waals surface area (Å²) in [4.78, 5) is 23.5. The minimum absolute atomic E-state index is 0.333. The number of halogens is 6. The fourth-order valence-corrected chi connectivity index (χ4v) is 3.98. The summed E-state index contributed by atoms with van der Waals surface area (Å²) in [6.45, 7) is 0. The van der Waals surface area contributed by atoms with E-state index >= 15 is 0 Å². The molecule has 0 radical (unpaired) electrons. The smallest absolute Gasteiger partial charge is 0.411 e. The largest absolute Gasteiger partial charge is 0.477 e. The zero-order chi connectivity index (χ0) is 20.5. The number of rotatable bonds is 6. The molecule has 4 nitrogen and oxygen atoms in total. The fourth-order valence-electron chi connectivity index (χ4n) is 3.98. The Morgan fingerprint density at radius 3 is 1.41 bits per heavy atom. The highest BCUT2D eigenvalue weighted by molar-refractivity contribution is 5.88. The highest BCUT2D eigenvalue weighted by atomic mass is 19.3. The molecular formula is C17H23F6NO3. The molecule has 0 bridgehead atoms. The molecule has 0 atom stereocenters. The van der Waals surface area contributed by atoms with Gasteiger partial charge < -0.3 is 10.0 Å². The molecule has 27 heavy (non-hydrogen) atoms. The molecule has 1 N–H and O–H groups in total. The van der Waals surface area contributed by atoms with E-state index in [1.807, 2.05) is 0 Å². The van der Waals surface area contributed by atoms with Crippen molar-refractivity contribution in [1.82, 2.24) is 4.90 Å². The van der Waals surface area contributed by atoms with E-state index in [0.717, 1.165) is 12.8 Å². The van der Waals surface area contributed by atoms with E-state index in [-0.39, 0.29) is 0 Å². The van der Waals surface area contributed by atoms with Crippen molar-refractivity contribution in [2.24, 2.45) is 0 Å². The van der Waals surface area contributed by atoms with Crippen LogP contribution in [0.3, 0.4) is 0 Å². The summed E-state index contributed by atoms with van der Waals surface area (Å²) < 4.78 is 83.0. The molecule has 0 unspecified atom stereocenters. The highest BCUT2D eigenvalue weighted by Gasteiger charge is 2.79. The molecule has 0 spiro atoms. The van der Waals surface area contributed by atoms with Crippen molar-refractivity contribution in [3.63, 3.8) is 0 Å². The molecule has 0 aromatic rings. The molecule has 0 aliphatic heterocycles. The standard InChI is InChI=1S/C17H23F6NO3/c18-15(19,17(22,23)16(20,21)14(26)27)13(25)24(11-7-3-1-4-8-11)12-9-5-2-6-10-12/h11-12H,1-10H2,(H,26,27). The van der Waals surface area contributed by atoms with Gasteiger partial charge in [0, 0.05) is 12.1 Å². The Balaban J connectivity index is 2.38. The van der Waals surface area contributed by atoms with Crippen molar-refractivity contribution in [3.8, 4) is 0 Å². The lowest BCUT2D eigenvalue weighted by molar-refractivity contribution is -0.297. The van der Waals surface area contributed by atoms with Gasteiger partial charge in [0.2, 0.25) is 0 Å². The first kappa shape index (κ1) is 21.8. The molecule has 0 aromatic carbocycles. The predicted molar refractivity (Wildman–Crippen MR) is 83.1 cm³/mol. The van der Waals surface area contributed by atoms with Crippen molar-refractivity contribution in [2.75, 3.05) is 0 Å². The lowest BCUT2D eigenvalue weighted by atomic mass is 9.87. The summed E-state index contributed by atoms with van der Waals surface area (Å²) in [5, 5.41) is 8.27. The SMILES string of the molecule is O=C(O)C(F)(F)C(F)(F)C(F)(F)C(=O)N(C1CCCCC1)C1CCCCC1. The van der Waals surface area contributed by atoms with Crippen LogP contribution in [0.25, 0.3) is 0 Å². The molecule has 156 valence electrons. The average molecular weight is 403 g/mol. The zero-order valence-electron chi connectivity index (χ0n) is 14.7. The minimum atomic E-state index is -6.34. The van der Waals surface area contributed by atoms with E-state index < -0.39 is 41.7 Å². The van der Waals surface area contributed by atoms with Gasteiger partial charge in [-0.05, 0) is 25.7 Å². The van der Waals surface area contributed by atoms with Crippen molar-refractivity contribution < 1.29 is 41.0 Å². The topological polar surface area (TPSA) is 57.6 Å². The number of carboxylic acids is 1. The van der Waals surface area contributed by atoms with Gasteiger partial charge >= 0.3 is 23.7 Å². The van der Waals surface area contributed by atoms with E-state index in [9.17, 15) is 35.9 Å². The Hall–Kier alpha value is -1.48. The van der Waals surface area contributed by atoms with E-state index in [1.165, 1.54) is 0 Å². The van der Waals surface area contributed by atoms with Crippen LogP contribution in [0.4, 0.5) is 26.3 Å². The van der Waals surface area contributed by atoms with Gasteiger partial charge in [-0.25, -0.2) is 4.79 Å². The van der Waals surface area contributed by atoms with Gasteiger partial charge in [-0.15, -0.1) is 0 Å². The van der Waals surface area contributed by atoms with Crippen LogP contribution in [0.15, 0.2) is 0 Å². The second-order valence-electron chi connectivity index (χ2n) is 7.32. The lowest BCUT2D eigenvalue weighted by Gasteiger charge is -2.44. The second kappa shape index (κ2) is 7.87. The predicted octanol–water partition coefficient (Wildman–Crippen LogP) is 4.47. The van der Waals surface area contributed by atoms with Gasteiger partial charge in [0.25, 0.3) is 5.91 Å². The molecule has 2 fully saturated rings. The van der Waals surface area contributed by atoms with Gasteiger partial charge in [0.1, 0.15) is 0 Å². The number of aliphatic carboxylic acids is 1. The molecule has 1 amide bonds. The maximum atomic E-state index is 14.3. The van der Waals surface area contributed by atoms with Crippen LogP contribution in [-0.4, -0.2) is 51.7 Å². The van der Waals surface area contributed by atoms with Crippen molar-refractivity contribution in [2.45, 2.75) is 94.1 Å². The molecule has 0 heterocycles. The molecular weight excluding hydrogens is 380 g/mol. The van der Waals surface area contributed by atoms with E-state index in [0.29, 0.717) is 56.3 Å². The quantitative estimate of drug-likeness (QED) is 0.666. The number of hydrogen-bond donors (Lipinski definition) is 1. The molecule has 2 rings (SSSR count). The minimum Gasteiger partial charge on any atom is -0.477 e. The molecule has 10 heteroatoms. The van der Waals surface area contributed by atoms with Crippen LogP contribution in [0.1, 0.15) is 64.2 Å². The maximum Gasteiger partial charge on any atom is 0.411 e. The molecule has 2 aliphatic carbocycles. The first-order valence-electron chi connectivity index (χ1n) is 9.14. The van der Waals surface area contributed by atoms with Crippen molar-refractivity contribution >= 4 is 11.9 Å². The lowest BCUT2D eigenvalue weighted by Crippen LogP contribution is -2.66. The van der Waals surface area contributed by atoms with Crippen LogP contribution < -0.4 is 0 Å². The summed E-state index contributed by atoms with van der Waals surface area (Å²) in [6, 6.07) is -1.45. The Kier molecular flexibility index (Phi) is 6.36. The van der Waals surface area contributed by atoms with E-state index in [1.54, 1.807) is 0 Å². The summed E-state index contributed by atoms with van der Waals surface area (Å²) in [5.74, 6) is -24.0. The molecule has 0 aromatic heterocycles. The molecule has 2 saturated carbocycles. The van der Waals surface area contributed by atoms with Gasteiger partial charge in [0.05, 0.1) is 0 Å². The van der Waals surface area contributed by atoms with Gasteiger partial charge in [-0.2, -0.15) is 26.3 Å². The fraction of sp³-hybridized carbons (Fsp3) is 0.882. The van der Waals surface area contributed by atoms with Crippen LogP contribution in [0.5, 0.6) is 0 Å². The Morgan fingerprint density at radius 1 is 0.704 bits per heavy atom. The highest BCUT2D eigenvalue weighted by Crippen LogP contribution is 2.48. The third-order valence-electron chi connectivity index (χ3n) is 5.50. The Bertz CT molecular complexity index is 539. The Morgan fingerprint density at radius 2 is 1.07 bits per heavy atom. The van der Waals surface area contributed by atoms with Crippen molar-refractivity contribution in [1.29, 1.82) is 0 Å². The number of alkyl halides is 6. The number of hydrogen-bond acceptors (Lipinski definition) is 2. The van der Waals surface area contributed by atoms with Crippen LogP contribution in [-0.2, 0) is 9.59 Å². The molecule has 0 saturated heterocycles. The number of carboxylic acid groups (broad SMARTS) is 1. The van der Waals surface area contributed by atoms with Crippen LogP contribution >= 0.6 is 0 Å². The number of nitrogens with zero attached hydrogens (tertiary/aromatic N) is 1. The van der Waals surface area contributed by atoms with Crippen LogP contribution in [0, 0.1) is 0 Å². The number of carbonyl (C=O) groups is 2. The monoisotopic (exact) mass is 403 g/mol. The van der Waals surface area contributed by atoms with Gasteiger partial charge in [-0.3, -0.25) is 4.79 Å². The van der Waals surface area contributed by atoms with Crippen molar-refractivity contribution in [3.05, 3.63) is 0 Å². The van der Waals surface area contributed by atoms with Gasteiger partial charge in [-0.1, -0.05) is 38.5 Å². The number of carbonyl (C=O) groups excluding carboxylic acids is 1. The first-order chi connectivity index (χ1) is 12.4. The normalized spacial score (nSPS) is 21.1. The molecule has 2 aliphatic rings. The maximum absolute atomic E-state index is 14.3. The third kappa shape index (κ3) is 3.89. The summed E-state index contributed by atoms with van der Waals surface area (Å²) >= 11 is 0. The Labute approximate surface area is 152 Å². The summed E-state index contributed by atoms with van der Waals surface area (Å²) in [7, 11) is 0. The van der Waals surface area contributed by atoms with E-state index in [4.69, 9.17) is 5.11 Å². The van der Waals surface area contributed by atoms with Gasteiger partial charge in [0.15, 0.2) is 0 Å². The number of amides is 1. The first-order valence-corrected chi connectivity index (χ1v) is 9.14. The second-order valence-corrected chi connectivity index (χ2v) is 7.32. The summed E-state index contributed by atoms with van der Waals surface area (Å²) in [5.41, 5.74) is 0. The average Bonchev–Trinajstić information content (AvgIpc) is 2.63. The van der Waals surface area contributed by atoms with Crippen LogP contribution in [0.2, 0.25) is 0 Å². The zero-order valence-corrected chi connectivity index (χ0v) is 14.7. The van der Waals surface area contributed by atoms with E-state index in [2.05, 4.69) is 0 Å².